The first-order valence-electron chi connectivity index (χ1n) is 7.42. The van der Waals surface area contributed by atoms with Crippen LogP contribution in [0, 0.1) is 5.82 Å². The van der Waals surface area contributed by atoms with Gasteiger partial charge in [0.1, 0.15) is 17.7 Å². The molecule has 0 aliphatic rings. The summed E-state index contributed by atoms with van der Waals surface area (Å²) in [6.07, 6.45) is -0.505. The van der Waals surface area contributed by atoms with Gasteiger partial charge in [-0.3, -0.25) is 4.79 Å². The van der Waals surface area contributed by atoms with Crippen molar-refractivity contribution in [3.05, 3.63) is 64.4 Å². The van der Waals surface area contributed by atoms with Crippen LogP contribution in [0.2, 0.25) is 5.02 Å². The third-order valence-electron chi connectivity index (χ3n) is 3.65. The second-order valence-electron chi connectivity index (χ2n) is 5.15. The van der Waals surface area contributed by atoms with Crippen molar-refractivity contribution in [2.45, 2.75) is 12.5 Å². The van der Waals surface area contributed by atoms with E-state index in [1.807, 2.05) is 24.3 Å². The largest absolute Gasteiger partial charge is 0.496 e. The minimum atomic E-state index is -0.495. The monoisotopic (exact) mass is 351 g/mol. The second-order valence-corrected chi connectivity index (χ2v) is 5.55. The van der Waals surface area contributed by atoms with E-state index in [2.05, 4.69) is 5.32 Å². The van der Waals surface area contributed by atoms with Gasteiger partial charge >= 0.3 is 0 Å². The van der Waals surface area contributed by atoms with Gasteiger partial charge in [-0.2, -0.15) is 0 Å². The lowest BCUT2D eigenvalue weighted by Crippen LogP contribution is -2.30. The van der Waals surface area contributed by atoms with Crippen molar-refractivity contribution in [3.63, 3.8) is 0 Å². The topological polar surface area (TPSA) is 47.6 Å². The Morgan fingerprint density at radius 2 is 1.96 bits per heavy atom. The van der Waals surface area contributed by atoms with Crippen LogP contribution in [0.1, 0.15) is 17.2 Å². The van der Waals surface area contributed by atoms with Crippen LogP contribution in [0.3, 0.4) is 0 Å². The van der Waals surface area contributed by atoms with E-state index in [0.29, 0.717) is 5.75 Å². The molecule has 1 unspecified atom stereocenters. The molecule has 24 heavy (non-hydrogen) atoms. The van der Waals surface area contributed by atoms with Crippen molar-refractivity contribution in [1.82, 2.24) is 5.32 Å². The average molecular weight is 352 g/mol. The minimum absolute atomic E-state index is 0.131. The van der Waals surface area contributed by atoms with E-state index in [-0.39, 0.29) is 35.6 Å². The van der Waals surface area contributed by atoms with Gasteiger partial charge in [0.2, 0.25) is 5.91 Å². The van der Waals surface area contributed by atoms with Gasteiger partial charge in [0.25, 0.3) is 0 Å². The maximum Gasteiger partial charge on any atom is 0.224 e. The number of hydrogen-bond donors (Lipinski definition) is 1. The fourth-order valence-electron chi connectivity index (χ4n) is 2.38. The lowest BCUT2D eigenvalue weighted by Gasteiger charge is -2.19. The van der Waals surface area contributed by atoms with Crippen molar-refractivity contribution in [3.8, 4) is 5.75 Å². The fourth-order valence-corrected chi connectivity index (χ4v) is 2.61. The van der Waals surface area contributed by atoms with Crippen molar-refractivity contribution >= 4 is 17.5 Å². The molecular weight excluding hydrogens is 333 g/mol. The highest BCUT2D eigenvalue weighted by Gasteiger charge is 2.17. The molecule has 0 fully saturated rings. The van der Waals surface area contributed by atoms with Gasteiger partial charge < -0.3 is 14.8 Å². The highest BCUT2D eigenvalue weighted by atomic mass is 35.5. The molecular formula is C18H19ClFNO3. The highest BCUT2D eigenvalue weighted by molar-refractivity contribution is 6.31. The summed E-state index contributed by atoms with van der Waals surface area (Å²) in [5.41, 5.74) is 1.01. The summed E-state index contributed by atoms with van der Waals surface area (Å²) in [6, 6.07) is 11.7. The normalized spacial score (nSPS) is 11.8. The van der Waals surface area contributed by atoms with Crippen molar-refractivity contribution in [1.29, 1.82) is 0 Å². The van der Waals surface area contributed by atoms with E-state index >= 15 is 0 Å². The summed E-state index contributed by atoms with van der Waals surface area (Å²) < 4.78 is 24.5. The highest BCUT2D eigenvalue weighted by Crippen LogP contribution is 2.26. The van der Waals surface area contributed by atoms with E-state index in [4.69, 9.17) is 21.1 Å². The van der Waals surface area contributed by atoms with Gasteiger partial charge in [0, 0.05) is 29.8 Å². The molecule has 0 aromatic heterocycles. The van der Waals surface area contributed by atoms with E-state index in [1.165, 1.54) is 12.1 Å². The third-order valence-corrected chi connectivity index (χ3v) is 4.01. The average Bonchev–Trinajstić information content (AvgIpc) is 2.59. The number of halogens is 2. The van der Waals surface area contributed by atoms with Crippen LogP contribution in [0.25, 0.3) is 0 Å². The van der Waals surface area contributed by atoms with Crippen molar-refractivity contribution < 1.29 is 18.7 Å². The second kappa shape index (κ2) is 8.66. The first kappa shape index (κ1) is 18.2. The van der Waals surface area contributed by atoms with Gasteiger partial charge in [-0.15, -0.1) is 0 Å². The lowest BCUT2D eigenvalue weighted by atomic mass is 10.1. The van der Waals surface area contributed by atoms with Gasteiger partial charge in [0.05, 0.1) is 13.5 Å². The minimum Gasteiger partial charge on any atom is -0.496 e. The number of carbonyl (C=O) groups excluding carboxylic acids is 1. The molecule has 128 valence electrons. The number of amides is 1. The molecule has 2 aromatic carbocycles. The molecule has 6 heteroatoms. The SMILES string of the molecule is COc1ccccc1C(CNC(=O)Cc1c(F)cccc1Cl)OC. The van der Waals surface area contributed by atoms with E-state index in [1.54, 1.807) is 20.3 Å². The number of methoxy groups -OCH3 is 2. The molecule has 4 nitrogen and oxygen atoms in total. The van der Waals surface area contributed by atoms with Crippen LogP contribution in [0.15, 0.2) is 42.5 Å². The Kier molecular flexibility index (Phi) is 6.58. The Morgan fingerprint density at radius 1 is 1.21 bits per heavy atom. The van der Waals surface area contributed by atoms with E-state index in [0.717, 1.165) is 5.56 Å². The molecule has 0 heterocycles. The van der Waals surface area contributed by atoms with Crippen LogP contribution in [-0.4, -0.2) is 26.7 Å². The zero-order valence-electron chi connectivity index (χ0n) is 13.5. The number of hydrogen-bond acceptors (Lipinski definition) is 3. The summed E-state index contributed by atoms with van der Waals surface area (Å²) in [7, 11) is 3.13. The zero-order chi connectivity index (χ0) is 17.5. The van der Waals surface area contributed by atoms with Crippen LogP contribution in [0.4, 0.5) is 4.39 Å². The summed E-state index contributed by atoms with van der Waals surface area (Å²) in [4.78, 5) is 12.1. The first-order valence-corrected chi connectivity index (χ1v) is 7.80. The van der Waals surface area contributed by atoms with Crippen LogP contribution >= 0.6 is 11.6 Å². The molecule has 1 N–H and O–H groups in total. The van der Waals surface area contributed by atoms with Crippen LogP contribution in [-0.2, 0) is 16.0 Å². The zero-order valence-corrected chi connectivity index (χ0v) is 14.3. The Labute approximate surface area is 145 Å². The molecule has 0 aliphatic carbocycles. The summed E-state index contributed by atoms with van der Waals surface area (Å²) in [6.45, 7) is 0.238. The number of ether oxygens (including phenoxy) is 2. The number of rotatable bonds is 7. The summed E-state index contributed by atoms with van der Waals surface area (Å²) >= 11 is 5.94. The molecule has 0 radical (unpaired) electrons. The Balaban J connectivity index is 2.02. The fraction of sp³-hybridized carbons (Fsp3) is 0.278. The number of benzene rings is 2. The van der Waals surface area contributed by atoms with Crippen LogP contribution in [0.5, 0.6) is 5.75 Å². The quantitative estimate of drug-likeness (QED) is 0.830. The Bertz CT molecular complexity index is 688. The lowest BCUT2D eigenvalue weighted by molar-refractivity contribution is -0.121. The smallest absolute Gasteiger partial charge is 0.224 e. The number of nitrogens with one attached hydrogen (secondary N) is 1. The molecule has 1 atom stereocenters. The molecule has 1 amide bonds. The Hall–Kier alpha value is -2.11. The van der Waals surface area contributed by atoms with Crippen molar-refractivity contribution in [2.24, 2.45) is 0 Å². The number of carbonyl (C=O) groups is 1. The molecule has 0 saturated carbocycles. The van der Waals surface area contributed by atoms with Crippen LogP contribution < -0.4 is 10.1 Å². The first-order chi connectivity index (χ1) is 11.6. The summed E-state index contributed by atoms with van der Waals surface area (Å²) in [5, 5.41) is 2.98. The summed E-state index contributed by atoms with van der Waals surface area (Å²) in [5.74, 6) is -0.152. The van der Waals surface area contributed by atoms with E-state index < -0.39 is 5.82 Å². The maximum atomic E-state index is 13.7. The predicted octanol–water partition coefficient (Wildman–Crippen LogP) is 3.53. The predicted molar refractivity (Wildman–Crippen MR) is 90.9 cm³/mol. The van der Waals surface area contributed by atoms with Gasteiger partial charge in [-0.25, -0.2) is 4.39 Å². The Morgan fingerprint density at radius 3 is 2.62 bits per heavy atom. The molecule has 2 aromatic rings. The van der Waals surface area contributed by atoms with Gasteiger partial charge in [-0.1, -0.05) is 35.9 Å². The van der Waals surface area contributed by atoms with Gasteiger partial charge in [-0.05, 0) is 18.2 Å². The number of para-hydroxylation sites is 1. The molecule has 0 saturated heterocycles. The maximum absolute atomic E-state index is 13.7. The molecule has 2 rings (SSSR count). The van der Waals surface area contributed by atoms with E-state index in [9.17, 15) is 9.18 Å². The molecule has 0 bridgehead atoms. The van der Waals surface area contributed by atoms with Gasteiger partial charge in [0.15, 0.2) is 0 Å². The third kappa shape index (κ3) is 4.46. The van der Waals surface area contributed by atoms with Crippen molar-refractivity contribution in [2.75, 3.05) is 20.8 Å². The molecule has 0 spiro atoms. The molecule has 0 aliphatic heterocycles. The standard InChI is InChI=1S/C18H19ClFNO3/c1-23-16-9-4-3-6-12(16)17(24-2)11-21-18(22)10-13-14(19)7-5-8-15(13)20/h3-9,17H,10-11H2,1-2H3,(H,21,22).